The van der Waals surface area contributed by atoms with Gasteiger partial charge >= 0.3 is 5.97 Å². The summed E-state index contributed by atoms with van der Waals surface area (Å²) >= 11 is 0. The van der Waals surface area contributed by atoms with Crippen molar-refractivity contribution in [1.29, 1.82) is 0 Å². The monoisotopic (exact) mass is 286 g/mol. The molecule has 2 aromatic rings. The third kappa shape index (κ3) is 3.56. The van der Waals surface area contributed by atoms with Gasteiger partial charge in [0.2, 0.25) is 0 Å². The Hall–Kier alpha value is -2.89. The minimum Gasteiger partial charge on any atom is -0.478 e. The minimum atomic E-state index is -0.958. The van der Waals surface area contributed by atoms with E-state index >= 15 is 0 Å². The molecule has 0 fully saturated rings. The lowest BCUT2D eigenvalue weighted by Gasteiger charge is -2.10. The van der Waals surface area contributed by atoms with Crippen LogP contribution < -0.4 is 5.32 Å². The fraction of sp³-hybridized carbons (Fsp3) is 0.133. The van der Waals surface area contributed by atoms with E-state index in [1.807, 2.05) is 6.92 Å². The largest absolute Gasteiger partial charge is 0.478 e. The van der Waals surface area contributed by atoms with E-state index in [9.17, 15) is 14.9 Å². The lowest BCUT2D eigenvalue weighted by Crippen LogP contribution is -2.03. The molecule has 0 spiro atoms. The topological polar surface area (TPSA) is 92.5 Å². The average Bonchev–Trinajstić information content (AvgIpc) is 2.46. The van der Waals surface area contributed by atoms with E-state index in [4.69, 9.17) is 5.11 Å². The molecule has 0 aromatic heterocycles. The van der Waals surface area contributed by atoms with Gasteiger partial charge in [-0.05, 0) is 36.2 Å². The Morgan fingerprint density at radius 1 is 1.24 bits per heavy atom. The first kappa shape index (κ1) is 14.5. The number of nitrogens with zero attached hydrogens (tertiary/aromatic N) is 1. The van der Waals surface area contributed by atoms with Crippen molar-refractivity contribution in [3.05, 3.63) is 69.3 Å². The standard InChI is InChI=1S/C15H14N2O4/c1-10-8-12(15(18)19)4-7-14(10)16-9-11-2-5-13(6-3-11)17(20)21/h2-8,16H,9H2,1H3,(H,18,19). The van der Waals surface area contributed by atoms with Gasteiger partial charge in [0.25, 0.3) is 5.69 Å². The van der Waals surface area contributed by atoms with Crippen molar-refractivity contribution >= 4 is 17.3 Å². The Bertz CT molecular complexity index is 681. The molecular weight excluding hydrogens is 272 g/mol. The van der Waals surface area contributed by atoms with Gasteiger partial charge in [-0.15, -0.1) is 0 Å². The lowest BCUT2D eigenvalue weighted by atomic mass is 10.1. The van der Waals surface area contributed by atoms with Gasteiger partial charge in [0.15, 0.2) is 0 Å². The highest BCUT2D eigenvalue weighted by Crippen LogP contribution is 2.18. The first-order chi connectivity index (χ1) is 9.97. The smallest absolute Gasteiger partial charge is 0.335 e. The zero-order valence-electron chi connectivity index (χ0n) is 11.4. The van der Waals surface area contributed by atoms with Crippen LogP contribution in [-0.2, 0) is 6.54 Å². The van der Waals surface area contributed by atoms with E-state index in [-0.39, 0.29) is 11.3 Å². The maximum Gasteiger partial charge on any atom is 0.335 e. The maximum atomic E-state index is 10.9. The van der Waals surface area contributed by atoms with Crippen molar-refractivity contribution in [3.8, 4) is 0 Å². The van der Waals surface area contributed by atoms with Crippen molar-refractivity contribution < 1.29 is 14.8 Å². The van der Waals surface area contributed by atoms with Crippen LogP contribution in [0.25, 0.3) is 0 Å². The summed E-state index contributed by atoms with van der Waals surface area (Å²) in [4.78, 5) is 21.0. The van der Waals surface area contributed by atoms with E-state index in [2.05, 4.69) is 5.32 Å². The first-order valence-corrected chi connectivity index (χ1v) is 6.28. The fourth-order valence-corrected chi connectivity index (χ4v) is 1.93. The molecule has 2 aromatic carbocycles. The van der Waals surface area contributed by atoms with Crippen LogP contribution in [0.15, 0.2) is 42.5 Å². The molecule has 2 rings (SSSR count). The summed E-state index contributed by atoms with van der Waals surface area (Å²) in [5.41, 5.74) is 2.87. The van der Waals surface area contributed by atoms with Gasteiger partial charge in [-0.1, -0.05) is 12.1 Å². The normalized spacial score (nSPS) is 10.1. The number of aromatic carboxylic acids is 1. The number of carboxylic acids is 1. The zero-order chi connectivity index (χ0) is 15.4. The summed E-state index contributed by atoms with van der Waals surface area (Å²) < 4.78 is 0. The first-order valence-electron chi connectivity index (χ1n) is 6.28. The van der Waals surface area contributed by atoms with E-state index in [1.54, 1.807) is 24.3 Å². The number of rotatable bonds is 5. The number of nitro groups is 1. The van der Waals surface area contributed by atoms with E-state index in [0.29, 0.717) is 6.54 Å². The molecule has 0 atom stereocenters. The molecule has 0 radical (unpaired) electrons. The lowest BCUT2D eigenvalue weighted by molar-refractivity contribution is -0.384. The summed E-state index contributed by atoms with van der Waals surface area (Å²) in [7, 11) is 0. The number of nitro benzene ring substituents is 1. The van der Waals surface area contributed by atoms with Crippen LogP contribution in [0.4, 0.5) is 11.4 Å². The van der Waals surface area contributed by atoms with Crippen LogP contribution in [0, 0.1) is 17.0 Å². The molecule has 0 aliphatic carbocycles. The molecular formula is C15H14N2O4. The maximum absolute atomic E-state index is 10.9. The number of hydrogen-bond acceptors (Lipinski definition) is 4. The molecule has 0 aliphatic rings. The fourth-order valence-electron chi connectivity index (χ4n) is 1.93. The molecule has 2 N–H and O–H groups in total. The Labute approximate surface area is 121 Å². The van der Waals surface area contributed by atoms with Crippen molar-refractivity contribution in [2.75, 3.05) is 5.32 Å². The number of carboxylic acid groups (broad SMARTS) is 1. The van der Waals surface area contributed by atoms with Crippen LogP contribution >= 0.6 is 0 Å². The Balaban J connectivity index is 2.06. The second kappa shape index (κ2) is 6.04. The highest BCUT2D eigenvalue weighted by atomic mass is 16.6. The quantitative estimate of drug-likeness (QED) is 0.650. The van der Waals surface area contributed by atoms with Gasteiger partial charge < -0.3 is 10.4 Å². The molecule has 0 saturated heterocycles. The summed E-state index contributed by atoms with van der Waals surface area (Å²) in [5, 5.41) is 22.6. The third-order valence-corrected chi connectivity index (χ3v) is 3.10. The molecule has 0 saturated carbocycles. The molecule has 6 heteroatoms. The van der Waals surface area contributed by atoms with Gasteiger partial charge in [-0.2, -0.15) is 0 Å². The van der Waals surface area contributed by atoms with Gasteiger partial charge in [-0.25, -0.2) is 4.79 Å². The van der Waals surface area contributed by atoms with Crippen molar-refractivity contribution in [2.24, 2.45) is 0 Å². The average molecular weight is 286 g/mol. The third-order valence-electron chi connectivity index (χ3n) is 3.10. The van der Waals surface area contributed by atoms with Crippen LogP contribution in [-0.4, -0.2) is 16.0 Å². The second-order valence-corrected chi connectivity index (χ2v) is 4.61. The summed E-state index contributed by atoms with van der Waals surface area (Å²) in [6.07, 6.45) is 0. The highest BCUT2D eigenvalue weighted by molar-refractivity contribution is 5.88. The Morgan fingerprint density at radius 2 is 1.90 bits per heavy atom. The van der Waals surface area contributed by atoms with Crippen molar-refractivity contribution in [1.82, 2.24) is 0 Å². The molecule has 0 bridgehead atoms. The van der Waals surface area contributed by atoms with Crippen molar-refractivity contribution in [2.45, 2.75) is 13.5 Å². The molecule has 0 unspecified atom stereocenters. The number of anilines is 1. The minimum absolute atomic E-state index is 0.0562. The Kier molecular flexibility index (Phi) is 4.18. The molecule has 0 heterocycles. The van der Waals surface area contributed by atoms with Gasteiger partial charge in [0.05, 0.1) is 10.5 Å². The number of non-ortho nitro benzene ring substituents is 1. The van der Waals surface area contributed by atoms with Gasteiger partial charge in [0.1, 0.15) is 0 Å². The summed E-state index contributed by atoms with van der Waals surface area (Å²) in [6, 6.07) is 11.1. The molecule has 21 heavy (non-hydrogen) atoms. The SMILES string of the molecule is Cc1cc(C(=O)O)ccc1NCc1ccc([N+](=O)[O-])cc1. The molecule has 0 aliphatic heterocycles. The van der Waals surface area contributed by atoms with Crippen LogP contribution in [0.3, 0.4) is 0 Å². The number of aryl methyl sites for hydroxylation is 1. The van der Waals surface area contributed by atoms with E-state index < -0.39 is 10.9 Å². The molecule has 6 nitrogen and oxygen atoms in total. The number of nitrogens with one attached hydrogen (secondary N) is 1. The predicted molar refractivity (Wildman–Crippen MR) is 78.6 cm³/mol. The van der Waals surface area contributed by atoms with Crippen LogP contribution in [0.5, 0.6) is 0 Å². The highest BCUT2D eigenvalue weighted by Gasteiger charge is 2.06. The molecule has 108 valence electrons. The van der Waals surface area contributed by atoms with Gasteiger partial charge in [0, 0.05) is 24.4 Å². The van der Waals surface area contributed by atoms with Crippen LogP contribution in [0.1, 0.15) is 21.5 Å². The number of hydrogen-bond donors (Lipinski definition) is 2. The number of benzene rings is 2. The van der Waals surface area contributed by atoms with E-state index in [0.717, 1.165) is 16.8 Å². The van der Waals surface area contributed by atoms with Crippen LogP contribution in [0.2, 0.25) is 0 Å². The Morgan fingerprint density at radius 3 is 2.43 bits per heavy atom. The summed E-state index contributed by atoms with van der Waals surface area (Å²) in [5.74, 6) is -0.958. The second-order valence-electron chi connectivity index (χ2n) is 4.61. The number of carbonyl (C=O) groups is 1. The summed E-state index contributed by atoms with van der Waals surface area (Å²) in [6.45, 7) is 2.33. The molecule has 0 amide bonds. The van der Waals surface area contributed by atoms with Crippen molar-refractivity contribution in [3.63, 3.8) is 0 Å². The van der Waals surface area contributed by atoms with E-state index in [1.165, 1.54) is 18.2 Å². The predicted octanol–water partition coefficient (Wildman–Crippen LogP) is 3.21. The zero-order valence-corrected chi connectivity index (χ0v) is 11.4. The van der Waals surface area contributed by atoms with Gasteiger partial charge in [-0.3, -0.25) is 10.1 Å².